The quantitative estimate of drug-likeness (QED) is 0.397. The van der Waals surface area contributed by atoms with Crippen LogP contribution in [-0.4, -0.2) is 0 Å². The first-order valence-electron chi connectivity index (χ1n) is 13.0. The first kappa shape index (κ1) is 21.6. The van der Waals surface area contributed by atoms with E-state index in [1.165, 1.54) is 92.9 Å². The van der Waals surface area contributed by atoms with Crippen molar-refractivity contribution in [2.24, 2.45) is 23.7 Å². The molecule has 0 spiro atoms. The van der Waals surface area contributed by atoms with Gasteiger partial charge in [0.15, 0.2) is 0 Å². The van der Waals surface area contributed by atoms with Crippen LogP contribution in [0.25, 0.3) is 17.2 Å². The van der Waals surface area contributed by atoms with Crippen LogP contribution in [0.1, 0.15) is 87.3 Å². The average Bonchev–Trinajstić information content (AvgIpc) is 3.42. The third kappa shape index (κ3) is 3.66. The summed E-state index contributed by atoms with van der Waals surface area (Å²) in [4.78, 5) is 0. The number of fused-ring (bicyclic) bond motifs is 1. The molecule has 0 saturated heterocycles. The van der Waals surface area contributed by atoms with Gasteiger partial charge in [-0.15, -0.1) is 0 Å². The molecule has 1 heteroatoms. The molecule has 0 unspecified atom stereocenters. The largest absolute Gasteiger partial charge is 0.0613 e. The topological polar surface area (TPSA) is 0 Å². The maximum absolute atomic E-state index is 2.50. The van der Waals surface area contributed by atoms with Crippen molar-refractivity contribution in [3.63, 3.8) is 0 Å². The van der Waals surface area contributed by atoms with Gasteiger partial charge in [-0.1, -0.05) is 79.8 Å². The van der Waals surface area contributed by atoms with Gasteiger partial charge in [0.25, 0.3) is 0 Å². The number of hydrogen-bond acceptors (Lipinski definition) is 0. The predicted octanol–water partition coefficient (Wildman–Crippen LogP) is 8.35. The number of rotatable bonds is 4. The van der Waals surface area contributed by atoms with E-state index in [1.807, 2.05) is 0 Å². The smallest absolute Gasteiger partial charge is 0.0164 e. The SMILES string of the molecule is [CH]1C(CC2CCCC2)=Cc2c1cccc2-c1ccc(C23CC4CC(CC(C4)C2)C3)cc1.[Zr]. The Morgan fingerprint density at radius 1 is 0.781 bits per heavy atom. The van der Waals surface area contributed by atoms with E-state index in [0.717, 1.165) is 23.7 Å². The van der Waals surface area contributed by atoms with E-state index in [4.69, 9.17) is 0 Å². The van der Waals surface area contributed by atoms with E-state index in [0.29, 0.717) is 5.41 Å². The number of benzene rings is 2. The summed E-state index contributed by atoms with van der Waals surface area (Å²) in [6.07, 6.45) is 20.9. The number of hydrogen-bond donors (Lipinski definition) is 0. The van der Waals surface area contributed by atoms with Crippen LogP contribution < -0.4 is 0 Å². The zero-order chi connectivity index (χ0) is 20.4. The molecule has 4 bridgehead atoms. The third-order valence-corrected chi connectivity index (χ3v) is 9.66. The molecule has 6 aliphatic carbocycles. The Balaban J connectivity index is 0.00000196. The second-order valence-corrected chi connectivity index (χ2v) is 11.8. The normalized spacial score (nSPS) is 32.6. The summed E-state index contributed by atoms with van der Waals surface area (Å²) < 4.78 is 0. The summed E-state index contributed by atoms with van der Waals surface area (Å²) in [6.45, 7) is 0. The van der Waals surface area contributed by atoms with E-state index in [9.17, 15) is 0 Å². The maximum atomic E-state index is 2.50. The van der Waals surface area contributed by atoms with E-state index in [-0.39, 0.29) is 26.2 Å². The van der Waals surface area contributed by atoms with Crippen molar-refractivity contribution in [2.75, 3.05) is 0 Å². The van der Waals surface area contributed by atoms with Crippen molar-refractivity contribution in [3.05, 3.63) is 71.1 Å². The molecule has 5 fully saturated rings. The summed E-state index contributed by atoms with van der Waals surface area (Å²) in [5, 5.41) is 0. The molecule has 0 atom stereocenters. The van der Waals surface area contributed by atoms with Crippen LogP contribution in [0.2, 0.25) is 0 Å². The summed E-state index contributed by atoms with van der Waals surface area (Å²) in [5.41, 5.74) is 9.41. The van der Waals surface area contributed by atoms with Crippen molar-refractivity contribution in [2.45, 2.75) is 76.0 Å². The summed E-state index contributed by atoms with van der Waals surface area (Å²) in [6, 6.07) is 16.8. The van der Waals surface area contributed by atoms with Gasteiger partial charge in [-0.25, -0.2) is 0 Å². The molecule has 5 saturated carbocycles. The van der Waals surface area contributed by atoms with Gasteiger partial charge in [-0.3, -0.25) is 0 Å². The van der Waals surface area contributed by atoms with Gasteiger partial charge in [-0.2, -0.15) is 0 Å². The molecular weight excluding hydrogens is 464 g/mol. The fraction of sp³-hybridized carbons (Fsp3) is 0.516. The van der Waals surface area contributed by atoms with E-state index < -0.39 is 0 Å². The minimum absolute atomic E-state index is 0. The Morgan fingerprint density at radius 2 is 1.44 bits per heavy atom. The van der Waals surface area contributed by atoms with Gasteiger partial charge < -0.3 is 0 Å². The van der Waals surface area contributed by atoms with E-state index in [2.05, 4.69) is 55.0 Å². The molecule has 0 nitrogen and oxygen atoms in total. The molecule has 0 heterocycles. The second kappa shape index (κ2) is 8.38. The van der Waals surface area contributed by atoms with Crippen molar-refractivity contribution in [1.29, 1.82) is 0 Å². The van der Waals surface area contributed by atoms with Crippen LogP contribution in [-0.2, 0) is 31.6 Å². The van der Waals surface area contributed by atoms with Crippen molar-refractivity contribution in [1.82, 2.24) is 0 Å². The van der Waals surface area contributed by atoms with Crippen LogP contribution >= 0.6 is 0 Å². The molecule has 32 heavy (non-hydrogen) atoms. The van der Waals surface area contributed by atoms with Crippen LogP contribution in [0.15, 0.2) is 48.0 Å². The Labute approximate surface area is 213 Å². The van der Waals surface area contributed by atoms with Crippen LogP contribution in [0.3, 0.4) is 0 Å². The molecule has 0 N–H and O–H groups in total. The van der Waals surface area contributed by atoms with E-state index in [1.54, 1.807) is 11.1 Å². The van der Waals surface area contributed by atoms with Gasteiger partial charge in [0.2, 0.25) is 0 Å². The molecule has 1 radical (unpaired) electrons. The third-order valence-electron chi connectivity index (χ3n) is 9.66. The molecule has 0 aliphatic heterocycles. The van der Waals surface area contributed by atoms with Gasteiger partial charge in [0.05, 0.1) is 0 Å². The molecule has 2 aromatic carbocycles. The van der Waals surface area contributed by atoms with Gasteiger partial charge in [0, 0.05) is 32.6 Å². The maximum Gasteiger partial charge on any atom is 0.0164 e. The molecular formula is C31H35Zr. The minimum Gasteiger partial charge on any atom is -0.0613 e. The standard InChI is InChI=1S/C31H35.Zr/c1-2-5-21(4-1)12-22-16-27-6-3-7-29(30(27)17-22)26-8-10-28(11-9-26)31-18-23-13-24(19-31)15-25(14-23)20-31;/h3,6-11,16-17,21,23-25H,1-2,4-5,12-15,18-20H2;. The fourth-order valence-electron chi connectivity index (χ4n) is 8.68. The summed E-state index contributed by atoms with van der Waals surface area (Å²) >= 11 is 0. The predicted molar refractivity (Wildman–Crippen MR) is 130 cm³/mol. The minimum atomic E-state index is 0. The second-order valence-electron chi connectivity index (χ2n) is 11.8. The van der Waals surface area contributed by atoms with Crippen molar-refractivity contribution in [3.8, 4) is 11.1 Å². The van der Waals surface area contributed by atoms with Gasteiger partial charge >= 0.3 is 0 Å². The first-order valence-corrected chi connectivity index (χ1v) is 13.0. The fourth-order valence-corrected chi connectivity index (χ4v) is 8.68. The molecule has 0 amide bonds. The summed E-state index contributed by atoms with van der Waals surface area (Å²) in [7, 11) is 0. The zero-order valence-electron chi connectivity index (χ0n) is 19.3. The Morgan fingerprint density at radius 3 is 2.09 bits per heavy atom. The molecule has 2 aromatic rings. The summed E-state index contributed by atoms with van der Waals surface area (Å²) in [5.74, 6) is 3.96. The van der Waals surface area contributed by atoms with Crippen LogP contribution in [0, 0.1) is 30.1 Å². The van der Waals surface area contributed by atoms with Crippen LogP contribution in [0.5, 0.6) is 0 Å². The number of allylic oxidation sites excluding steroid dienone is 1. The Hall–Kier alpha value is -0.937. The Kier molecular flexibility index (Phi) is 5.65. The Bertz CT molecular complexity index is 986. The van der Waals surface area contributed by atoms with Crippen molar-refractivity contribution >= 4 is 6.08 Å². The van der Waals surface area contributed by atoms with Gasteiger partial charge in [-0.05, 0) is 102 Å². The first-order chi connectivity index (χ1) is 15.2. The average molecular weight is 499 g/mol. The molecule has 8 rings (SSSR count). The molecule has 163 valence electrons. The monoisotopic (exact) mass is 497 g/mol. The van der Waals surface area contributed by atoms with E-state index >= 15 is 0 Å². The molecule has 6 aliphatic rings. The molecule has 0 aromatic heterocycles. The van der Waals surface area contributed by atoms with Crippen molar-refractivity contribution < 1.29 is 26.2 Å². The van der Waals surface area contributed by atoms with Crippen LogP contribution in [0.4, 0.5) is 0 Å². The zero-order valence-corrected chi connectivity index (χ0v) is 21.7. The van der Waals surface area contributed by atoms with Gasteiger partial charge in [0.1, 0.15) is 0 Å².